The lowest BCUT2D eigenvalue weighted by Crippen LogP contribution is -2.19. The summed E-state index contributed by atoms with van der Waals surface area (Å²) in [6.45, 7) is 3.70. The summed E-state index contributed by atoms with van der Waals surface area (Å²) >= 11 is 0. The van der Waals surface area contributed by atoms with E-state index in [1.54, 1.807) is 49.1 Å². The maximum Gasteiger partial charge on any atom is 0.271 e. The second-order valence-corrected chi connectivity index (χ2v) is 7.48. The lowest BCUT2D eigenvalue weighted by Gasteiger charge is -2.02. The van der Waals surface area contributed by atoms with Crippen molar-refractivity contribution in [2.45, 2.75) is 13.8 Å². The molecule has 0 aliphatic carbocycles. The first-order valence-corrected chi connectivity index (χ1v) is 11.1. The minimum atomic E-state index is -0.243. The molecule has 0 spiro atoms. The molecular weight excluding hydrogens is 452 g/mol. The quantitative estimate of drug-likeness (QED) is 0.315. The Hall–Kier alpha value is -4.98. The van der Waals surface area contributed by atoms with E-state index in [4.69, 9.17) is 0 Å². The van der Waals surface area contributed by atoms with Crippen molar-refractivity contribution in [3.05, 3.63) is 132 Å². The van der Waals surface area contributed by atoms with E-state index in [9.17, 15) is 9.59 Å². The molecule has 0 fully saturated rings. The van der Waals surface area contributed by atoms with Gasteiger partial charge in [-0.05, 0) is 49.2 Å². The summed E-state index contributed by atoms with van der Waals surface area (Å²) in [5.41, 5.74) is 9.59. The van der Waals surface area contributed by atoms with E-state index in [1.165, 1.54) is 0 Å². The molecule has 2 aromatic heterocycles. The van der Waals surface area contributed by atoms with E-state index >= 15 is 0 Å². The van der Waals surface area contributed by atoms with E-state index in [0.717, 1.165) is 22.6 Å². The van der Waals surface area contributed by atoms with Gasteiger partial charge in [0.15, 0.2) is 0 Å². The van der Waals surface area contributed by atoms with Gasteiger partial charge in [0, 0.05) is 35.9 Å². The van der Waals surface area contributed by atoms with Crippen LogP contribution in [0.15, 0.2) is 120 Å². The third-order valence-electron chi connectivity index (χ3n) is 4.92. The number of amides is 2. The van der Waals surface area contributed by atoms with E-state index < -0.39 is 0 Å². The van der Waals surface area contributed by atoms with Crippen LogP contribution >= 0.6 is 0 Å². The summed E-state index contributed by atoms with van der Waals surface area (Å²) in [5.74, 6) is -0.486. The first-order chi connectivity index (χ1) is 17.5. The zero-order valence-corrected chi connectivity index (χ0v) is 20.0. The van der Waals surface area contributed by atoms with E-state index in [2.05, 4.69) is 31.0 Å². The second-order valence-electron chi connectivity index (χ2n) is 7.48. The number of hydrogen-bond acceptors (Lipinski definition) is 6. The Labute approximate surface area is 209 Å². The molecule has 2 N–H and O–H groups in total. The number of hydrogen-bond donors (Lipinski definition) is 2. The average molecular weight is 479 g/mol. The van der Waals surface area contributed by atoms with Gasteiger partial charge in [-0.25, -0.2) is 10.9 Å². The molecule has 4 rings (SSSR count). The van der Waals surface area contributed by atoms with Crippen molar-refractivity contribution < 1.29 is 9.59 Å². The Morgan fingerprint density at radius 3 is 1.19 bits per heavy atom. The molecule has 8 nitrogen and oxygen atoms in total. The molecule has 0 unspecified atom stereocenters. The molecule has 0 bridgehead atoms. The molecule has 180 valence electrons. The molecule has 2 aromatic carbocycles. The molecule has 36 heavy (non-hydrogen) atoms. The van der Waals surface area contributed by atoms with Crippen LogP contribution in [0.3, 0.4) is 0 Å². The van der Waals surface area contributed by atoms with Gasteiger partial charge in [0.05, 0.1) is 11.4 Å². The van der Waals surface area contributed by atoms with Crippen LogP contribution in [0.25, 0.3) is 0 Å². The molecule has 2 heterocycles. The van der Waals surface area contributed by atoms with Gasteiger partial charge in [0.1, 0.15) is 0 Å². The molecule has 0 radical (unpaired) electrons. The van der Waals surface area contributed by atoms with E-state index in [-0.39, 0.29) is 11.8 Å². The molecule has 0 atom stereocenters. The molecular formula is C28H26N6O2. The highest BCUT2D eigenvalue weighted by Gasteiger charge is 2.04. The zero-order chi connectivity index (χ0) is 25.6. The number of nitrogens with one attached hydrogen (secondary N) is 2. The minimum absolute atomic E-state index is 0.243. The fraction of sp³-hybridized carbons (Fsp3) is 0.0714. The predicted octanol–water partition coefficient (Wildman–Crippen LogP) is 4.47. The fourth-order valence-electron chi connectivity index (χ4n) is 2.89. The number of hydrazone groups is 2. The number of carbonyl (C=O) groups is 2. The SMILES string of the molecule is C/C(=N\NC(=O)c1ccncc1)c1ccccc1.C/C(=N\NC(=O)c1ccncc1)c1ccccc1. The van der Waals surface area contributed by atoms with Gasteiger partial charge < -0.3 is 0 Å². The maximum absolute atomic E-state index is 11.7. The summed E-state index contributed by atoms with van der Waals surface area (Å²) in [6, 6.07) is 25.9. The fourth-order valence-corrected chi connectivity index (χ4v) is 2.89. The van der Waals surface area contributed by atoms with Gasteiger partial charge in [-0.1, -0.05) is 60.7 Å². The summed E-state index contributed by atoms with van der Waals surface area (Å²) in [4.78, 5) is 31.2. The molecule has 0 aliphatic heterocycles. The highest BCUT2D eigenvalue weighted by Crippen LogP contribution is 2.02. The van der Waals surface area contributed by atoms with Crippen molar-refractivity contribution in [3.8, 4) is 0 Å². The third-order valence-corrected chi connectivity index (χ3v) is 4.92. The Bertz CT molecular complexity index is 1200. The van der Waals surface area contributed by atoms with Crippen LogP contribution in [0.4, 0.5) is 0 Å². The Morgan fingerprint density at radius 2 is 0.861 bits per heavy atom. The number of benzene rings is 2. The van der Waals surface area contributed by atoms with Crippen LogP contribution in [0, 0.1) is 0 Å². The van der Waals surface area contributed by atoms with Gasteiger partial charge in [-0.2, -0.15) is 10.2 Å². The topological polar surface area (TPSA) is 109 Å². The van der Waals surface area contributed by atoms with Crippen LogP contribution in [-0.4, -0.2) is 33.2 Å². The lowest BCUT2D eigenvalue weighted by atomic mass is 10.1. The molecule has 2 amide bonds. The summed E-state index contributed by atoms with van der Waals surface area (Å²) in [7, 11) is 0. The van der Waals surface area contributed by atoms with Crippen molar-refractivity contribution in [2.24, 2.45) is 10.2 Å². The van der Waals surface area contributed by atoms with Gasteiger partial charge >= 0.3 is 0 Å². The van der Waals surface area contributed by atoms with E-state index in [1.807, 2.05) is 74.5 Å². The number of aromatic nitrogens is 2. The first-order valence-electron chi connectivity index (χ1n) is 11.1. The number of nitrogens with zero attached hydrogens (tertiary/aromatic N) is 4. The van der Waals surface area contributed by atoms with Gasteiger partial charge in [0.2, 0.25) is 0 Å². The first kappa shape index (κ1) is 25.6. The predicted molar refractivity (Wildman–Crippen MR) is 141 cm³/mol. The summed E-state index contributed by atoms with van der Waals surface area (Å²) < 4.78 is 0. The molecule has 8 heteroatoms. The minimum Gasteiger partial charge on any atom is -0.267 e. The van der Waals surface area contributed by atoms with Crippen molar-refractivity contribution in [2.75, 3.05) is 0 Å². The maximum atomic E-state index is 11.7. The van der Waals surface area contributed by atoms with Crippen LogP contribution in [0.5, 0.6) is 0 Å². The molecule has 4 aromatic rings. The van der Waals surface area contributed by atoms with Crippen molar-refractivity contribution in [1.82, 2.24) is 20.8 Å². The normalized spacial score (nSPS) is 11.1. The standard InChI is InChI=1S/2C14H13N3O/c2*1-11(12-5-3-2-4-6-12)16-17-14(18)13-7-9-15-10-8-13/h2*2-10H,1H3,(H,17,18)/b2*16-11+. The Balaban J connectivity index is 0.000000201. The Morgan fingerprint density at radius 1 is 0.528 bits per heavy atom. The molecule has 0 saturated carbocycles. The van der Waals surface area contributed by atoms with Crippen LogP contribution in [-0.2, 0) is 0 Å². The molecule has 0 saturated heterocycles. The van der Waals surface area contributed by atoms with Gasteiger partial charge in [-0.15, -0.1) is 0 Å². The van der Waals surface area contributed by atoms with Crippen molar-refractivity contribution >= 4 is 23.2 Å². The summed E-state index contributed by atoms with van der Waals surface area (Å²) in [5, 5.41) is 8.13. The molecule has 0 aliphatic rings. The van der Waals surface area contributed by atoms with Crippen molar-refractivity contribution in [1.29, 1.82) is 0 Å². The zero-order valence-electron chi connectivity index (χ0n) is 20.0. The monoisotopic (exact) mass is 478 g/mol. The lowest BCUT2D eigenvalue weighted by molar-refractivity contribution is 0.0946. The Kier molecular flexibility index (Phi) is 9.73. The van der Waals surface area contributed by atoms with Gasteiger partial charge in [-0.3, -0.25) is 19.6 Å². The average Bonchev–Trinajstić information content (AvgIpc) is 2.96. The second kappa shape index (κ2) is 13.7. The number of carbonyl (C=O) groups excluding carboxylic acids is 2. The van der Waals surface area contributed by atoms with Crippen LogP contribution in [0.1, 0.15) is 45.7 Å². The van der Waals surface area contributed by atoms with Crippen LogP contribution in [0.2, 0.25) is 0 Å². The van der Waals surface area contributed by atoms with Crippen molar-refractivity contribution in [3.63, 3.8) is 0 Å². The summed E-state index contributed by atoms with van der Waals surface area (Å²) in [6.07, 6.45) is 6.29. The van der Waals surface area contributed by atoms with Crippen LogP contribution < -0.4 is 10.9 Å². The van der Waals surface area contributed by atoms with E-state index in [0.29, 0.717) is 11.1 Å². The highest BCUT2D eigenvalue weighted by atomic mass is 16.2. The highest BCUT2D eigenvalue weighted by molar-refractivity contribution is 6.01. The third kappa shape index (κ3) is 8.11. The van der Waals surface area contributed by atoms with Gasteiger partial charge in [0.25, 0.3) is 11.8 Å². The smallest absolute Gasteiger partial charge is 0.267 e. The number of pyridine rings is 2. The largest absolute Gasteiger partial charge is 0.271 e. The number of rotatable bonds is 6.